The number of hydrogen-bond donors (Lipinski definition) is 2. The van der Waals surface area contributed by atoms with E-state index in [4.69, 9.17) is 5.11 Å². The summed E-state index contributed by atoms with van der Waals surface area (Å²) in [5, 5.41) is 11.3. The molecule has 0 bridgehead atoms. The van der Waals surface area contributed by atoms with E-state index < -0.39 is 12.0 Å². The summed E-state index contributed by atoms with van der Waals surface area (Å²) < 4.78 is 0. The number of aliphatic carboxylic acids is 1. The monoisotopic (exact) mass is 229 g/mol. The zero-order valence-corrected chi connectivity index (χ0v) is 9.77. The maximum absolute atomic E-state index is 11.7. The lowest BCUT2D eigenvalue weighted by Gasteiger charge is -2.32. The number of amides is 1. The SMILES string of the molecule is C[C@@H](NCC(=O)N1CCN(C)CC1)C(=O)O. The van der Waals surface area contributed by atoms with Crippen molar-refractivity contribution in [1.82, 2.24) is 15.1 Å². The van der Waals surface area contributed by atoms with Crippen LogP contribution in [0.1, 0.15) is 6.92 Å². The fourth-order valence-corrected chi connectivity index (χ4v) is 1.50. The third-order valence-corrected chi connectivity index (χ3v) is 2.79. The molecule has 0 aromatic carbocycles. The van der Waals surface area contributed by atoms with Gasteiger partial charge in [-0.2, -0.15) is 0 Å². The number of nitrogens with one attached hydrogen (secondary N) is 1. The van der Waals surface area contributed by atoms with Crippen LogP contribution < -0.4 is 5.32 Å². The van der Waals surface area contributed by atoms with Gasteiger partial charge in [0, 0.05) is 26.2 Å². The molecule has 0 aliphatic carbocycles. The van der Waals surface area contributed by atoms with E-state index >= 15 is 0 Å². The number of carbonyl (C=O) groups is 2. The summed E-state index contributed by atoms with van der Waals surface area (Å²) in [5.74, 6) is -0.965. The fourth-order valence-electron chi connectivity index (χ4n) is 1.50. The lowest BCUT2D eigenvalue weighted by Crippen LogP contribution is -2.50. The summed E-state index contributed by atoms with van der Waals surface area (Å²) in [6.07, 6.45) is 0. The van der Waals surface area contributed by atoms with Crippen molar-refractivity contribution in [2.45, 2.75) is 13.0 Å². The first-order valence-corrected chi connectivity index (χ1v) is 5.43. The van der Waals surface area contributed by atoms with E-state index in [9.17, 15) is 9.59 Å². The molecule has 1 rings (SSSR count). The minimum absolute atomic E-state index is 0.0267. The predicted octanol–water partition coefficient (Wildman–Crippen LogP) is -1.18. The first-order valence-electron chi connectivity index (χ1n) is 5.43. The molecule has 0 saturated carbocycles. The van der Waals surface area contributed by atoms with Gasteiger partial charge in [-0.1, -0.05) is 0 Å². The summed E-state index contributed by atoms with van der Waals surface area (Å²) in [4.78, 5) is 26.2. The molecular formula is C10H19N3O3. The Morgan fingerprint density at radius 2 is 1.88 bits per heavy atom. The highest BCUT2D eigenvalue weighted by atomic mass is 16.4. The van der Waals surface area contributed by atoms with Gasteiger partial charge in [0.25, 0.3) is 0 Å². The zero-order chi connectivity index (χ0) is 12.1. The van der Waals surface area contributed by atoms with Gasteiger partial charge >= 0.3 is 5.97 Å². The fraction of sp³-hybridized carbons (Fsp3) is 0.800. The van der Waals surface area contributed by atoms with Gasteiger partial charge in [-0.15, -0.1) is 0 Å². The average Bonchev–Trinajstić information content (AvgIpc) is 2.26. The number of likely N-dealkylation sites (N-methyl/N-ethyl adjacent to an activating group) is 1. The first-order chi connectivity index (χ1) is 7.50. The Labute approximate surface area is 95.2 Å². The maximum Gasteiger partial charge on any atom is 0.320 e. The molecule has 6 nitrogen and oxygen atoms in total. The number of carboxylic acids is 1. The van der Waals surface area contributed by atoms with Crippen molar-refractivity contribution in [3.05, 3.63) is 0 Å². The van der Waals surface area contributed by atoms with Crippen molar-refractivity contribution in [2.75, 3.05) is 39.8 Å². The van der Waals surface area contributed by atoms with Crippen LogP contribution in [0.15, 0.2) is 0 Å². The van der Waals surface area contributed by atoms with E-state index in [2.05, 4.69) is 10.2 Å². The summed E-state index contributed by atoms with van der Waals surface area (Å²) in [5.41, 5.74) is 0. The summed E-state index contributed by atoms with van der Waals surface area (Å²) in [6.45, 7) is 4.81. The van der Waals surface area contributed by atoms with Crippen LogP contribution in [0.2, 0.25) is 0 Å². The van der Waals surface area contributed by atoms with Gasteiger partial charge < -0.3 is 14.9 Å². The van der Waals surface area contributed by atoms with Gasteiger partial charge in [0.2, 0.25) is 5.91 Å². The Balaban J connectivity index is 2.27. The summed E-state index contributed by atoms with van der Waals surface area (Å²) >= 11 is 0. The van der Waals surface area contributed by atoms with Crippen molar-refractivity contribution in [1.29, 1.82) is 0 Å². The van der Waals surface area contributed by atoms with Crippen LogP contribution >= 0.6 is 0 Å². The normalized spacial score (nSPS) is 19.5. The average molecular weight is 229 g/mol. The molecule has 1 aliphatic heterocycles. The molecule has 6 heteroatoms. The Hall–Kier alpha value is -1.14. The second kappa shape index (κ2) is 5.81. The van der Waals surface area contributed by atoms with Crippen molar-refractivity contribution in [3.63, 3.8) is 0 Å². The van der Waals surface area contributed by atoms with Crippen LogP contribution in [-0.2, 0) is 9.59 Å². The topological polar surface area (TPSA) is 72.9 Å². The van der Waals surface area contributed by atoms with Crippen LogP contribution in [-0.4, -0.2) is 72.6 Å². The minimum atomic E-state index is -0.939. The zero-order valence-electron chi connectivity index (χ0n) is 9.77. The van der Waals surface area contributed by atoms with E-state index in [1.54, 1.807) is 4.90 Å². The van der Waals surface area contributed by atoms with Crippen LogP contribution in [0, 0.1) is 0 Å². The highest BCUT2D eigenvalue weighted by Gasteiger charge is 2.20. The van der Waals surface area contributed by atoms with Crippen LogP contribution in [0.4, 0.5) is 0 Å². The third kappa shape index (κ3) is 3.79. The van der Waals surface area contributed by atoms with E-state index in [-0.39, 0.29) is 12.5 Å². The molecule has 1 aliphatic rings. The van der Waals surface area contributed by atoms with Crippen LogP contribution in [0.25, 0.3) is 0 Å². The largest absolute Gasteiger partial charge is 0.480 e. The third-order valence-electron chi connectivity index (χ3n) is 2.79. The molecule has 0 aromatic rings. The Bertz CT molecular complexity index is 262. The molecule has 1 saturated heterocycles. The molecule has 1 amide bonds. The first kappa shape index (κ1) is 12.9. The van der Waals surface area contributed by atoms with E-state index in [0.717, 1.165) is 26.2 Å². The number of rotatable bonds is 4. The quantitative estimate of drug-likeness (QED) is 0.635. The van der Waals surface area contributed by atoms with Gasteiger partial charge in [0.15, 0.2) is 0 Å². The number of hydrogen-bond acceptors (Lipinski definition) is 4. The summed E-state index contributed by atoms with van der Waals surface area (Å²) in [7, 11) is 2.02. The smallest absolute Gasteiger partial charge is 0.320 e. The number of nitrogens with zero attached hydrogens (tertiary/aromatic N) is 2. The molecule has 1 fully saturated rings. The van der Waals surface area contributed by atoms with Crippen LogP contribution in [0.3, 0.4) is 0 Å². The molecule has 0 aromatic heterocycles. The molecule has 1 atom stereocenters. The Morgan fingerprint density at radius 3 is 2.38 bits per heavy atom. The van der Waals surface area contributed by atoms with Gasteiger partial charge in [-0.3, -0.25) is 14.9 Å². The second-order valence-electron chi connectivity index (χ2n) is 4.12. The molecule has 0 spiro atoms. The standard InChI is InChI=1S/C10H19N3O3/c1-8(10(15)16)11-7-9(14)13-5-3-12(2)4-6-13/h8,11H,3-7H2,1-2H3,(H,15,16)/t8-/m1/s1. The Morgan fingerprint density at radius 1 is 1.31 bits per heavy atom. The van der Waals surface area contributed by atoms with Crippen molar-refractivity contribution in [3.8, 4) is 0 Å². The molecule has 1 heterocycles. The molecule has 16 heavy (non-hydrogen) atoms. The maximum atomic E-state index is 11.7. The van der Waals surface area contributed by atoms with Crippen molar-refractivity contribution < 1.29 is 14.7 Å². The Kier molecular flexibility index (Phi) is 4.70. The molecular weight excluding hydrogens is 210 g/mol. The van der Waals surface area contributed by atoms with E-state index in [1.807, 2.05) is 7.05 Å². The molecule has 0 radical (unpaired) electrons. The number of piperazine rings is 1. The van der Waals surface area contributed by atoms with E-state index in [0.29, 0.717) is 0 Å². The van der Waals surface area contributed by atoms with Gasteiger partial charge in [-0.05, 0) is 14.0 Å². The van der Waals surface area contributed by atoms with Gasteiger partial charge in [0.05, 0.1) is 6.54 Å². The van der Waals surface area contributed by atoms with Crippen molar-refractivity contribution in [2.24, 2.45) is 0 Å². The lowest BCUT2D eigenvalue weighted by molar-refractivity contribution is -0.139. The number of carbonyl (C=O) groups excluding carboxylic acids is 1. The summed E-state index contributed by atoms with van der Waals surface area (Å²) in [6, 6.07) is -0.684. The lowest BCUT2D eigenvalue weighted by atomic mass is 10.3. The number of carboxylic acid groups (broad SMARTS) is 1. The predicted molar refractivity (Wildman–Crippen MR) is 59.2 cm³/mol. The highest BCUT2D eigenvalue weighted by Crippen LogP contribution is 1.99. The highest BCUT2D eigenvalue weighted by molar-refractivity contribution is 5.80. The van der Waals surface area contributed by atoms with E-state index in [1.165, 1.54) is 6.92 Å². The van der Waals surface area contributed by atoms with Gasteiger partial charge in [0.1, 0.15) is 6.04 Å². The molecule has 92 valence electrons. The minimum Gasteiger partial charge on any atom is -0.480 e. The molecule has 0 unspecified atom stereocenters. The second-order valence-corrected chi connectivity index (χ2v) is 4.12. The van der Waals surface area contributed by atoms with Crippen LogP contribution in [0.5, 0.6) is 0 Å². The van der Waals surface area contributed by atoms with Crippen molar-refractivity contribution >= 4 is 11.9 Å². The molecule has 2 N–H and O–H groups in total. The van der Waals surface area contributed by atoms with Gasteiger partial charge in [-0.25, -0.2) is 0 Å².